The zero-order chi connectivity index (χ0) is 15.9. The van der Waals surface area contributed by atoms with Crippen LogP contribution in [-0.4, -0.2) is 50.0 Å². The summed E-state index contributed by atoms with van der Waals surface area (Å²) in [5.74, 6) is -0.0744. The van der Waals surface area contributed by atoms with Gasteiger partial charge in [-0.3, -0.25) is 4.79 Å². The molecule has 2 saturated heterocycles. The average molecular weight is 312 g/mol. The van der Waals surface area contributed by atoms with Crippen LogP contribution in [0.5, 0.6) is 0 Å². The van der Waals surface area contributed by atoms with Crippen molar-refractivity contribution >= 4 is 5.91 Å². The summed E-state index contributed by atoms with van der Waals surface area (Å²) < 4.78 is 0. The van der Waals surface area contributed by atoms with E-state index in [2.05, 4.69) is 27.5 Å². The first-order chi connectivity index (χ1) is 11.2. The highest BCUT2D eigenvalue weighted by atomic mass is 16.3. The lowest BCUT2D eigenvalue weighted by molar-refractivity contribution is 0.0566. The number of carbonyl (C=O) groups excluding carboxylic acids is 1. The second-order valence-electron chi connectivity index (χ2n) is 6.70. The SMILES string of the molecule is O=C(c1cn[nH]n1)N1[C@@H]2CC[C@H]1[C@](CO)(Cc1ccccc1)C2. The number of aromatic nitrogens is 3. The highest BCUT2D eigenvalue weighted by Crippen LogP contribution is 2.51. The molecule has 0 saturated carbocycles. The summed E-state index contributed by atoms with van der Waals surface area (Å²) in [4.78, 5) is 14.7. The number of benzene rings is 1. The summed E-state index contributed by atoms with van der Waals surface area (Å²) in [6.45, 7) is 0.103. The van der Waals surface area contributed by atoms with Crippen LogP contribution in [0.15, 0.2) is 36.5 Å². The number of H-pyrrole nitrogens is 1. The van der Waals surface area contributed by atoms with E-state index in [1.165, 1.54) is 11.8 Å². The van der Waals surface area contributed by atoms with Gasteiger partial charge in [0, 0.05) is 17.5 Å². The van der Waals surface area contributed by atoms with Gasteiger partial charge in [0.25, 0.3) is 5.91 Å². The zero-order valence-corrected chi connectivity index (χ0v) is 12.9. The van der Waals surface area contributed by atoms with Crippen LogP contribution < -0.4 is 0 Å². The summed E-state index contributed by atoms with van der Waals surface area (Å²) in [5.41, 5.74) is 1.32. The zero-order valence-electron chi connectivity index (χ0n) is 12.9. The number of nitrogens with zero attached hydrogens (tertiary/aromatic N) is 3. The molecule has 2 aliphatic heterocycles. The molecule has 0 aliphatic carbocycles. The maximum absolute atomic E-state index is 12.7. The Morgan fingerprint density at radius 3 is 2.87 bits per heavy atom. The lowest BCUT2D eigenvalue weighted by Crippen LogP contribution is -2.44. The first-order valence-corrected chi connectivity index (χ1v) is 8.07. The third kappa shape index (κ3) is 2.25. The van der Waals surface area contributed by atoms with E-state index in [9.17, 15) is 9.90 Å². The molecule has 0 radical (unpaired) electrons. The third-order valence-electron chi connectivity index (χ3n) is 5.43. The van der Waals surface area contributed by atoms with Gasteiger partial charge >= 0.3 is 0 Å². The lowest BCUT2D eigenvalue weighted by Gasteiger charge is -2.36. The monoisotopic (exact) mass is 312 g/mol. The van der Waals surface area contributed by atoms with Crippen LogP contribution in [0.2, 0.25) is 0 Å². The Morgan fingerprint density at radius 1 is 1.35 bits per heavy atom. The molecular formula is C17H20N4O2. The summed E-state index contributed by atoms with van der Waals surface area (Å²) in [5, 5.41) is 20.3. The first-order valence-electron chi connectivity index (χ1n) is 8.07. The fourth-order valence-corrected chi connectivity index (χ4v) is 4.45. The van der Waals surface area contributed by atoms with Crippen molar-refractivity contribution in [2.24, 2.45) is 5.41 Å². The summed E-state index contributed by atoms with van der Waals surface area (Å²) in [6.07, 6.45) is 5.07. The lowest BCUT2D eigenvalue weighted by atomic mass is 9.70. The van der Waals surface area contributed by atoms with Crippen LogP contribution in [-0.2, 0) is 6.42 Å². The molecule has 1 amide bonds. The van der Waals surface area contributed by atoms with Gasteiger partial charge in [0.05, 0.1) is 12.8 Å². The smallest absolute Gasteiger partial charge is 0.276 e. The molecule has 2 bridgehead atoms. The molecule has 4 rings (SSSR count). The van der Waals surface area contributed by atoms with Gasteiger partial charge < -0.3 is 10.0 Å². The maximum atomic E-state index is 12.7. The molecule has 0 unspecified atom stereocenters. The average Bonchev–Trinajstić information content (AvgIpc) is 3.30. The number of carbonyl (C=O) groups is 1. The Hall–Kier alpha value is -2.21. The number of fused-ring (bicyclic) bond motifs is 2. The van der Waals surface area contributed by atoms with Crippen LogP contribution in [0.4, 0.5) is 0 Å². The molecule has 0 spiro atoms. The van der Waals surface area contributed by atoms with E-state index in [0.29, 0.717) is 5.69 Å². The molecular weight excluding hydrogens is 292 g/mol. The van der Waals surface area contributed by atoms with Crippen LogP contribution in [0.25, 0.3) is 0 Å². The number of nitrogens with one attached hydrogen (secondary N) is 1. The third-order valence-corrected chi connectivity index (χ3v) is 5.43. The molecule has 3 heterocycles. The maximum Gasteiger partial charge on any atom is 0.276 e. The molecule has 23 heavy (non-hydrogen) atoms. The molecule has 120 valence electrons. The molecule has 2 fully saturated rings. The number of hydrogen-bond acceptors (Lipinski definition) is 4. The van der Waals surface area contributed by atoms with Crippen LogP contribution in [0, 0.1) is 5.41 Å². The van der Waals surface area contributed by atoms with Gasteiger partial charge in [0.1, 0.15) is 0 Å². The molecule has 1 aromatic heterocycles. The molecule has 6 heteroatoms. The van der Waals surface area contributed by atoms with Crippen molar-refractivity contribution in [3.05, 3.63) is 47.8 Å². The predicted octanol–water partition coefficient (Wildman–Crippen LogP) is 1.40. The second-order valence-corrected chi connectivity index (χ2v) is 6.70. The Morgan fingerprint density at radius 2 is 2.17 bits per heavy atom. The van der Waals surface area contributed by atoms with E-state index >= 15 is 0 Å². The van der Waals surface area contributed by atoms with Crippen molar-refractivity contribution < 1.29 is 9.90 Å². The Bertz CT molecular complexity index is 688. The number of aromatic amines is 1. The number of aliphatic hydroxyl groups is 1. The summed E-state index contributed by atoms with van der Waals surface area (Å²) >= 11 is 0. The van der Waals surface area contributed by atoms with E-state index in [4.69, 9.17) is 0 Å². The van der Waals surface area contributed by atoms with Gasteiger partial charge in [-0.2, -0.15) is 15.4 Å². The normalized spacial score (nSPS) is 29.2. The van der Waals surface area contributed by atoms with Crippen molar-refractivity contribution in [1.82, 2.24) is 20.3 Å². The highest BCUT2D eigenvalue weighted by molar-refractivity contribution is 5.93. The highest BCUT2D eigenvalue weighted by Gasteiger charge is 2.57. The van der Waals surface area contributed by atoms with Crippen molar-refractivity contribution in [2.75, 3.05) is 6.61 Å². The van der Waals surface area contributed by atoms with Crippen LogP contribution in [0.3, 0.4) is 0 Å². The van der Waals surface area contributed by atoms with Gasteiger partial charge in [-0.1, -0.05) is 30.3 Å². The van der Waals surface area contributed by atoms with Crippen molar-refractivity contribution in [3.8, 4) is 0 Å². The largest absolute Gasteiger partial charge is 0.396 e. The number of rotatable bonds is 4. The fourth-order valence-electron chi connectivity index (χ4n) is 4.45. The molecule has 2 aromatic rings. The van der Waals surface area contributed by atoms with E-state index < -0.39 is 0 Å². The summed E-state index contributed by atoms with van der Waals surface area (Å²) in [6, 6.07) is 10.5. The van der Waals surface area contributed by atoms with E-state index in [1.54, 1.807) is 0 Å². The van der Waals surface area contributed by atoms with Gasteiger partial charge in [0.2, 0.25) is 0 Å². The Balaban J connectivity index is 1.62. The quantitative estimate of drug-likeness (QED) is 0.894. The molecule has 1 aromatic carbocycles. The van der Waals surface area contributed by atoms with Crippen molar-refractivity contribution in [2.45, 2.75) is 37.8 Å². The molecule has 6 nitrogen and oxygen atoms in total. The molecule has 3 atom stereocenters. The standard InChI is InChI=1S/C17H20N4O2/c22-11-17(8-12-4-2-1-3-5-12)9-13-6-7-15(17)21(13)16(23)14-10-18-20-19-14/h1-5,10,13,15,22H,6-9,11H2,(H,18,19,20)/t13-,15+,17-/m1/s1. The Labute approximate surface area is 134 Å². The molecule has 2 aliphatic rings. The van der Waals surface area contributed by atoms with Crippen molar-refractivity contribution in [3.63, 3.8) is 0 Å². The fraction of sp³-hybridized carbons (Fsp3) is 0.471. The van der Waals surface area contributed by atoms with E-state index in [0.717, 1.165) is 25.7 Å². The first kappa shape index (κ1) is 14.4. The van der Waals surface area contributed by atoms with Gasteiger partial charge in [-0.25, -0.2) is 0 Å². The topological polar surface area (TPSA) is 82.1 Å². The minimum atomic E-state index is -0.246. The number of hydrogen-bond donors (Lipinski definition) is 2. The van der Waals surface area contributed by atoms with E-state index in [1.807, 2.05) is 23.1 Å². The predicted molar refractivity (Wildman–Crippen MR) is 83.6 cm³/mol. The van der Waals surface area contributed by atoms with Gasteiger partial charge in [0.15, 0.2) is 5.69 Å². The second kappa shape index (κ2) is 5.45. The van der Waals surface area contributed by atoms with Crippen LogP contribution >= 0.6 is 0 Å². The van der Waals surface area contributed by atoms with Crippen molar-refractivity contribution in [1.29, 1.82) is 0 Å². The summed E-state index contributed by atoms with van der Waals surface area (Å²) in [7, 11) is 0. The van der Waals surface area contributed by atoms with Crippen LogP contribution in [0.1, 0.15) is 35.3 Å². The van der Waals surface area contributed by atoms with E-state index in [-0.39, 0.29) is 30.0 Å². The minimum Gasteiger partial charge on any atom is -0.396 e. The Kier molecular flexibility index (Phi) is 3.41. The van der Waals surface area contributed by atoms with Gasteiger partial charge in [-0.05, 0) is 31.2 Å². The number of aliphatic hydroxyl groups excluding tert-OH is 1. The minimum absolute atomic E-state index is 0.0712. The molecule has 2 N–H and O–H groups in total. The number of amides is 1. The van der Waals surface area contributed by atoms with Gasteiger partial charge in [-0.15, -0.1) is 0 Å².